The van der Waals surface area contributed by atoms with Crippen LogP contribution < -0.4 is 10.1 Å². The number of carbonyl (C=O) groups is 3. The molecule has 1 aromatic heterocycles. The van der Waals surface area contributed by atoms with E-state index < -0.39 is 60.8 Å². The summed E-state index contributed by atoms with van der Waals surface area (Å²) in [6.45, 7) is 15.8. The Balaban J connectivity index is 1.94. The minimum Gasteiger partial charge on any atom is -0.490 e. The number of halogens is 1. The van der Waals surface area contributed by atoms with Crippen molar-refractivity contribution in [2.75, 3.05) is 5.32 Å². The van der Waals surface area contributed by atoms with E-state index in [-0.39, 0.29) is 28.8 Å². The van der Waals surface area contributed by atoms with E-state index in [9.17, 15) is 22.8 Å². The molecule has 2 aliphatic rings. The summed E-state index contributed by atoms with van der Waals surface area (Å²) in [5, 5.41) is 1.70. The molecule has 13 nitrogen and oxygen atoms in total. The number of fused-ring (bicyclic) bond motifs is 3. The number of nitrogens with one attached hydrogen (secondary N) is 1. The third-order valence-corrected chi connectivity index (χ3v) is 10.7. The van der Waals surface area contributed by atoms with Crippen molar-refractivity contribution in [3.8, 4) is 5.75 Å². The van der Waals surface area contributed by atoms with Gasteiger partial charge in [-0.25, -0.2) is 28.0 Å². The van der Waals surface area contributed by atoms with Crippen molar-refractivity contribution in [2.45, 2.75) is 109 Å². The van der Waals surface area contributed by atoms with Gasteiger partial charge in [0.25, 0.3) is 5.91 Å². The molecule has 15 heteroatoms. The molecule has 4 rings (SSSR count). The van der Waals surface area contributed by atoms with Gasteiger partial charge in [-0.05, 0) is 87.4 Å². The zero-order valence-electron chi connectivity index (χ0n) is 27.6. The smallest absolute Gasteiger partial charge is 0.425 e. The molecule has 3 heterocycles. The fourth-order valence-electron chi connectivity index (χ4n) is 5.28. The summed E-state index contributed by atoms with van der Waals surface area (Å²) in [6, 6.07) is 4.75. The van der Waals surface area contributed by atoms with E-state index in [1.54, 1.807) is 73.6 Å². The number of rotatable bonds is 2. The molecule has 2 aromatic rings. The van der Waals surface area contributed by atoms with Gasteiger partial charge in [-0.3, -0.25) is 9.79 Å². The van der Waals surface area contributed by atoms with Gasteiger partial charge in [-0.1, -0.05) is 11.6 Å². The van der Waals surface area contributed by atoms with Gasteiger partial charge in [0.05, 0.1) is 23.7 Å². The highest BCUT2D eigenvalue weighted by Crippen LogP contribution is 2.50. The summed E-state index contributed by atoms with van der Waals surface area (Å²) in [5.74, 6) is -0.640. The Morgan fingerprint density at radius 2 is 1.59 bits per heavy atom. The summed E-state index contributed by atoms with van der Waals surface area (Å²) < 4.78 is 44.7. The van der Waals surface area contributed by atoms with E-state index in [2.05, 4.69) is 15.3 Å². The fourth-order valence-corrected chi connectivity index (χ4v) is 7.79. The largest absolute Gasteiger partial charge is 0.490 e. The van der Waals surface area contributed by atoms with Gasteiger partial charge in [0.1, 0.15) is 43.9 Å². The number of nitrogens with zero attached hydrogens (tertiary/aromatic N) is 4. The van der Waals surface area contributed by atoms with Crippen LogP contribution in [-0.2, 0) is 24.8 Å². The number of hydrogen-bond donors (Lipinski definition) is 1. The van der Waals surface area contributed by atoms with Gasteiger partial charge in [0.15, 0.2) is 9.84 Å². The predicted octanol–water partition coefficient (Wildman–Crippen LogP) is 5.91. The molecule has 46 heavy (non-hydrogen) atoms. The van der Waals surface area contributed by atoms with E-state index >= 15 is 0 Å². The number of imide groups is 1. The molecule has 3 atom stereocenters. The van der Waals surface area contributed by atoms with Crippen molar-refractivity contribution in [3.63, 3.8) is 0 Å². The lowest BCUT2D eigenvalue weighted by molar-refractivity contribution is 0.0138. The van der Waals surface area contributed by atoms with Gasteiger partial charge in [-0.15, -0.1) is 0 Å². The third kappa shape index (κ3) is 6.82. The average Bonchev–Trinajstić information content (AvgIpc) is 3.00. The van der Waals surface area contributed by atoms with Crippen molar-refractivity contribution < 1.29 is 37.0 Å². The Morgan fingerprint density at radius 3 is 2.11 bits per heavy atom. The van der Waals surface area contributed by atoms with E-state index in [1.807, 2.05) is 0 Å². The molecular formula is C31H40ClN5O8S. The van der Waals surface area contributed by atoms with Crippen molar-refractivity contribution in [1.29, 1.82) is 0 Å². The lowest BCUT2D eigenvalue weighted by Crippen LogP contribution is -2.64. The Labute approximate surface area is 274 Å². The summed E-state index contributed by atoms with van der Waals surface area (Å²) in [5.41, 5.74) is -3.09. The van der Waals surface area contributed by atoms with Gasteiger partial charge in [0, 0.05) is 17.7 Å². The monoisotopic (exact) mass is 677 g/mol. The molecule has 250 valence electrons. The van der Waals surface area contributed by atoms with Gasteiger partial charge < -0.3 is 19.5 Å². The van der Waals surface area contributed by atoms with Crippen LogP contribution in [0, 0.1) is 0 Å². The number of aromatic nitrogens is 2. The number of benzene rings is 1. The Morgan fingerprint density at radius 1 is 1.00 bits per heavy atom. The van der Waals surface area contributed by atoms with Crippen LogP contribution in [0.25, 0.3) is 0 Å². The second-order valence-electron chi connectivity index (χ2n) is 14.0. The second-order valence-corrected chi connectivity index (χ2v) is 17.0. The summed E-state index contributed by atoms with van der Waals surface area (Å²) in [4.78, 5) is 53.7. The molecule has 0 bridgehead atoms. The van der Waals surface area contributed by atoms with Crippen LogP contribution >= 0.6 is 11.6 Å². The Bertz CT molecular complexity index is 1670. The van der Waals surface area contributed by atoms with E-state index in [0.29, 0.717) is 16.2 Å². The number of amidine groups is 1. The zero-order valence-corrected chi connectivity index (χ0v) is 29.2. The highest BCUT2D eigenvalue weighted by molar-refractivity contribution is 7.94. The van der Waals surface area contributed by atoms with Crippen LogP contribution in [-0.4, -0.2) is 74.5 Å². The molecule has 0 radical (unpaired) electrons. The van der Waals surface area contributed by atoms with E-state index in [0.717, 1.165) is 0 Å². The van der Waals surface area contributed by atoms with Gasteiger partial charge in [-0.2, -0.15) is 4.90 Å². The molecule has 1 aromatic carbocycles. The summed E-state index contributed by atoms with van der Waals surface area (Å²) >= 11 is 5.80. The Kier molecular flexibility index (Phi) is 8.99. The number of anilines is 1. The van der Waals surface area contributed by atoms with Crippen LogP contribution in [0.2, 0.25) is 5.15 Å². The number of ether oxygens (including phenoxy) is 3. The molecule has 3 amide bonds. The highest BCUT2D eigenvalue weighted by Gasteiger charge is 2.61. The number of carbonyl (C=O) groups excluding carboxylic acids is 3. The normalized spacial score (nSPS) is 23.3. The molecule has 0 saturated carbocycles. The highest BCUT2D eigenvalue weighted by atomic mass is 35.5. The maximum Gasteiger partial charge on any atom is 0.425 e. The molecule has 0 aliphatic carbocycles. The molecule has 0 fully saturated rings. The fraction of sp³-hybridized carbons (Fsp3) is 0.548. The van der Waals surface area contributed by atoms with Gasteiger partial charge in [0.2, 0.25) is 0 Å². The van der Waals surface area contributed by atoms with Gasteiger partial charge >= 0.3 is 12.2 Å². The topological polar surface area (TPSA) is 166 Å². The van der Waals surface area contributed by atoms with Crippen molar-refractivity contribution in [3.05, 3.63) is 47.0 Å². The second kappa shape index (κ2) is 11.8. The molecule has 0 unspecified atom stereocenters. The van der Waals surface area contributed by atoms with E-state index in [4.69, 9.17) is 30.8 Å². The van der Waals surface area contributed by atoms with Crippen molar-refractivity contribution >= 4 is 51.1 Å². The van der Waals surface area contributed by atoms with E-state index in [1.165, 1.54) is 26.2 Å². The standard InChI is InChI=1S/C31H40ClN5O8S/c1-17-13-22-31(10,19-14-18(11-12-21(19)43-17)35-24(38)20-15-34-23(32)16-33-20)36-25(30(8,9)46(22,41)42)37(26(39)44-28(2,3)4)27(40)45-29(5,6)7/h11-12,14-17,22H,13H2,1-10H3,(H,35,38)/t17-,22+,31+/m0/s1. The number of hydrogen-bond acceptors (Lipinski definition) is 11. The lowest BCUT2D eigenvalue weighted by Gasteiger charge is -2.46. The van der Waals surface area contributed by atoms with Crippen LogP contribution in [0.5, 0.6) is 5.75 Å². The Hall–Kier alpha value is -3.78. The first-order valence-electron chi connectivity index (χ1n) is 14.7. The molecule has 0 saturated heterocycles. The van der Waals surface area contributed by atoms with Crippen molar-refractivity contribution in [1.82, 2.24) is 14.9 Å². The average molecular weight is 678 g/mol. The van der Waals surface area contributed by atoms with Crippen LogP contribution in [0.3, 0.4) is 0 Å². The minimum atomic E-state index is -4.24. The maximum atomic E-state index is 14.6. The van der Waals surface area contributed by atoms with Crippen LogP contribution in [0.15, 0.2) is 35.6 Å². The third-order valence-electron chi connectivity index (χ3n) is 7.46. The number of aliphatic imine (C=N–C) groups is 1. The first kappa shape index (κ1) is 35.1. The summed E-state index contributed by atoms with van der Waals surface area (Å²) in [7, 11) is -4.24. The predicted molar refractivity (Wildman–Crippen MR) is 172 cm³/mol. The zero-order chi connectivity index (χ0) is 34.6. The van der Waals surface area contributed by atoms with Crippen molar-refractivity contribution in [2.24, 2.45) is 4.99 Å². The quantitative estimate of drug-likeness (QED) is 0.403. The lowest BCUT2D eigenvalue weighted by atomic mass is 9.85. The minimum absolute atomic E-state index is 0.000896. The summed E-state index contributed by atoms with van der Waals surface area (Å²) in [6.07, 6.45) is -0.332. The van der Waals surface area contributed by atoms with Crippen LogP contribution in [0.4, 0.5) is 15.3 Å². The van der Waals surface area contributed by atoms with Crippen LogP contribution in [0.1, 0.15) is 91.7 Å². The molecule has 0 spiro atoms. The number of amides is 3. The molecule has 1 N–H and O–H groups in total. The first-order valence-corrected chi connectivity index (χ1v) is 16.6. The molecular weight excluding hydrogens is 638 g/mol. The maximum absolute atomic E-state index is 14.6. The first-order chi connectivity index (χ1) is 21.0. The molecule has 2 aliphatic heterocycles. The number of sulfone groups is 1. The SMILES string of the molecule is C[C@H]1C[C@@H]2[C@](C)(N=C(N(C(=O)OC(C)(C)C)C(=O)OC(C)(C)C)C(C)(C)S2(=O)=O)c2cc(NC(=O)c3cnc(Cl)cn3)ccc2O1.